The molecule has 0 saturated carbocycles. The maximum absolute atomic E-state index is 14.1. The predicted molar refractivity (Wildman–Crippen MR) is 188 cm³/mol. The molecule has 51 heavy (non-hydrogen) atoms. The van der Waals surface area contributed by atoms with Gasteiger partial charge in [0.2, 0.25) is 5.91 Å². The van der Waals surface area contributed by atoms with Crippen molar-refractivity contribution >= 4 is 58.3 Å². The van der Waals surface area contributed by atoms with E-state index in [9.17, 15) is 29.1 Å². The van der Waals surface area contributed by atoms with E-state index < -0.39 is 41.1 Å². The number of aromatic nitrogens is 5. The number of rotatable bonds is 10. The molecule has 2 aromatic heterocycles. The molecule has 0 aliphatic carbocycles. The van der Waals surface area contributed by atoms with Gasteiger partial charge in [-0.2, -0.15) is 4.68 Å². The van der Waals surface area contributed by atoms with Gasteiger partial charge in [0.15, 0.2) is 0 Å². The van der Waals surface area contributed by atoms with E-state index in [0.717, 1.165) is 0 Å². The number of hydrogen-bond donors (Lipinski definition) is 5. The molecule has 16 heteroatoms. The Kier molecular flexibility index (Phi) is 10.8. The summed E-state index contributed by atoms with van der Waals surface area (Å²) in [6, 6.07) is 18.6. The number of amides is 4. The van der Waals surface area contributed by atoms with Gasteiger partial charge in [-0.05, 0) is 88.1 Å². The number of aromatic carboxylic acids is 1. The lowest BCUT2D eigenvalue weighted by Gasteiger charge is -2.37. The van der Waals surface area contributed by atoms with E-state index in [1.165, 1.54) is 53.7 Å². The molecule has 260 valence electrons. The zero-order valence-corrected chi connectivity index (χ0v) is 28.3. The van der Waals surface area contributed by atoms with Crippen LogP contribution in [0, 0.1) is 5.41 Å². The SMILES string of the molecule is CC(C)(C)C(c1ccc(NC(=O)c2ccncc2)cc1)C(NC(=O)C(=O)Nc1cc(Cl)ccc1-n1cnnn1)C(=O)Nc1ccc(C(=O)O)cc1. The third-order valence-electron chi connectivity index (χ3n) is 7.71. The van der Waals surface area contributed by atoms with Crippen molar-refractivity contribution < 1.29 is 29.1 Å². The Hall–Kier alpha value is -6.48. The summed E-state index contributed by atoms with van der Waals surface area (Å²) in [5.41, 5.74) is 1.55. The molecule has 2 atom stereocenters. The summed E-state index contributed by atoms with van der Waals surface area (Å²) in [4.78, 5) is 69.0. The summed E-state index contributed by atoms with van der Waals surface area (Å²) in [5, 5.41) is 31.3. The van der Waals surface area contributed by atoms with Gasteiger partial charge in [-0.15, -0.1) is 5.10 Å². The van der Waals surface area contributed by atoms with Crippen LogP contribution in [0.4, 0.5) is 17.1 Å². The molecule has 5 rings (SSSR count). The average molecular weight is 710 g/mol. The van der Waals surface area contributed by atoms with Crippen molar-refractivity contribution in [3.05, 3.63) is 119 Å². The first kappa shape index (κ1) is 35.8. The van der Waals surface area contributed by atoms with Crippen LogP contribution in [0.15, 0.2) is 97.6 Å². The fourth-order valence-corrected chi connectivity index (χ4v) is 5.53. The quantitative estimate of drug-likeness (QED) is 0.128. The number of carboxylic acid groups (broad SMARTS) is 1. The number of carbonyl (C=O) groups excluding carboxylic acids is 4. The molecule has 0 aliphatic rings. The van der Waals surface area contributed by atoms with Crippen LogP contribution >= 0.6 is 11.6 Å². The van der Waals surface area contributed by atoms with Crippen LogP contribution in [0.25, 0.3) is 5.69 Å². The number of halogens is 1. The van der Waals surface area contributed by atoms with Gasteiger partial charge in [-0.25, -0.2) is 4.79 Å². The second-order valence-corrected chi connectivity index (χ2v) is 12.8. The van der Waals surface area contributed by atoms with Crippen LogP contribution in [-0.4, -0.2) is 65.9 Å². The molecule has 2 unspecified atom stereocenters. The number of benzene rings is 3. The van der Waals surface area contributed by atoms with E-state index in [0.29, 0.717) is 22.5 Å². The molecule has 2 heterocycles. The summed E-state index contributed by atoms with van der Waals surface area (Å²) in [7, 11) is 0. The minimum absolute atomic E-state index is 0.0141. The molecular formula is C35H32ClN9O6. The molecule has 0 fully saturated rings. The molecule has 0 radical (unpaired) electrons. The fourth-order valence-electron chi connectivity index (χ4n) is 5.35. The first-order valence-corrected chi connectivity index (χ1v) is 15.8. The second-order valence-electron chi connectivity index (χ2n) is 12.3. The van der Waals surface area contributed by atoms with Gasteiger partial charge in [-0.1, -0.05) is 44.5 Å². The highest BCUT2D eigenvalue weighted by molar-refractivity contribution is 6.40. The first-order chi connectivity index (χ1) is 24.3. The molecule has 0 aliphatic heterocycles. The topological polar surface area (TPSA) is 210 Å². The van der Waals surface area contributed by atoms with Crippen LogP contribution < -0.4 is 21.3 Å². The molecule has 0 saturated heterocycles. The predicted octanol–water partition coefficient (Wildman–Crippen LogP) is 4.55. The van der Waals surface area contributed by atoms with Gasteiger partial charge in [0.25, 0.3) is 5.91 Å². The van der Waals surface area contributed by atoms with E-state index in [-0.39, 0.29) is 27.9 Å². The molecule has 3 aromatic carbocycles. The second kappa shape index (κ2) is 15.4. The zero-order valence-electron chi connectivity index (χ0n) is 27.5. The summed E-state index contributed by atoms with van der Waals surface area (Å²) in [6.07, 6.45) is 4.31. The van der Waals surface area contributed by atoms with Crippen molar-refractivity contribution in [2.24, 2.45) is 5.41 Å². The van der Waals surface area contributed by atoms with Gasteiger partial charge in [-0.3, -0.25) is 24.2 Å². The maximum Gasteiger partial charge on any atom is 0.335 e. The van der Waals surface area contributed by atoms with Crippen LogP contribution in [0.5, 0.6) is 0 Å². The number of carboxylic acids is 1. The highest BCUT2D eigenvalue weighted by Crippen LogP contribution is 2.39. The minimum Gasteiger partial charge on any atom is -0.478 e. The highest BCUT2D eigenvalue weighted by Gasteiger charge is 2.40. The zero-order chi connectivity index (χ0) is 36.7. The van der Waals surface area contributed by atoms with E-state index >= 15 is 0 Å². The Morgan fingerprint density at radius 2 is 1.43 bits per heavy atom. The molecule has 4 amide bonds. The number of anilines is 3. The van der Waals surface area contributed by atoms with Gasteiger partial charge in [0.05, 0.1) is 16.9 Å². The normalized spacial score (nSPS) is 12.2. The lowest BCUT2D eigenvalue weighted by atomic mass is 9.72. The number of tetrazole rings is 1. The van der Waals surface area contributed by atoms with Gasteiger partial charge >= 0.3 is 17.8 Å². The van der Waals surface area contributed by atoms with Crippen molar-refractivity contribution in [1.29, 1.82) is 0 Å². The summed E-state index contributed by atoms with van der Waals surface area (Å²) >= 11 is 6.18. The Labute approximate surface area is 296 Å². The first-order valence-electron chi connectivity index (χ1n) is 15.4. The summed E-state index contributed by atoms with van der Waals surface area (Å²) in [5.74, 6) is -5.12. The highest BCUT2D eigenvalue weighted by atomic mass is 35.5. The third-order valence-corrected chi connectivity index (χ3v) is 7.95. The Morgan fingerprint density at radius 3 is 2.04 bits per heavy atom. The Bertz CT molecular complexity index is 2050. The molecule has 5 aromatic rings. The number of hydrogen-bond acceptors (Lipinski definition) is 9. The molecule has 5 N–H and O–H groups in total. The Morgan fingerprint density at radius 1 is 0.784 bits per heavy atom. The summed E-state index contributed by atoms with van der Waals surface area (Å²) in [6.45, 7) is 5.61. The molecule has 0 bridgehead atoms. The summed E-state index contributed by atoms with van der Waals surface area (Å²) < 4.78 is 1.27. The lowest BCUT2D eigenvalue weighted by molar-refractivity contribution is -0.138. The van der Waals surface area contributed by atoms with Crippen molar-refractivity contribution in [3.8, 4) is 5.69 Å². The lowest BCUT2D eigenvalue weighted by Crippen LogP contribution is -2.53. The number of nitrogens with one attached hydrogen (secondary N) is 4. The van der Waals surface area contributed by atoms with Crippen LogP contribution in [-0.2, 0) is 14.4 Å². The monoisotopic (exact) mass is 709 g/mol. The average Bonchev–Trinajstić information content (AvgIpc) is 3.63. The van der Waals surface area contributed by atoms with Crippen molar-refractivity contribution in [1.82, 2.24) is 30.5 Å². The van der Waals surface area contributed by atoms with Gasteiger partial charge in [0.1, 0.15) is 12.4 Å². The standard InChI is InChI=1S/C35H32ClN9O6/c1-35(2,3)28(20-4-9-24(10-5-20)39-30(46)21-14-16-37-17-15-21)29(31(47)40-25-11-6-22(7-12-25)34(50)51)42-33(49)32(48)41-26-18-23(36)8-13-27(26)45-19-38-43-44-45/h4-19,28-29H,1-3H3,(H,39,46)(H,40,47)(H,41,48)(H,42,49)(H,50,51). The molecule has 0 spiro atoms. The molecular weight excluding hydrogens is 678 g/mol. The Balaban J connectivity index is 1.44. The van der Waals surface area contributed by atoms with E-state index in [2.05, 4.69) is 41.8 Å². The fraction of sp³-hybridized carbons (Fsp3) is 0.171. The number of pyridine rings is 1. The van der Waals surface area contributed by atoms with Crippen LogP contribution in [0.3, 0.4) is 0 Å². The molecule has 15 nitrogen and oxygen atoms in total. The van der Waals surface area contributed by atoms with Crippen molar-refractivity contribution in [3.63, 3.8) is 0 Å². The van der Waals surface area contributed by atoms with Crippen molar-refractivity contribution in [2.75, 3.05) is 16.0 Å². The largest absolute Gasteiger partial charge is 0.478 e. The van der Waals surface area contributed by atoms with E-state index in [1.807, 2.05) is 20.8 Å². The maximum atomic E-state index is 14.1. The van der Waals surface area contributed by atoms with Gasteiger partial charge in [0, 0.05) is 40.3 Å². The van der Waals surface area contributed by atoms with Crippen LogP contribution in [0.1, 0.15) is 53.0 Å². The smallest absolute Gasteiger partial charge is 0.335 e. The number of nitrogens with zero attached hydrogens (tertiary/aromatic N) is 5. The third kappa shape index (κ3) is 8.96. The van der Waals surface area contributed by atoms with E-state index in [1.54, 1.807) is 48.5 Å². The van der Waals surface area contributed by atoms with Crippen LogP contribution in [0.2, 0.25) is 5.02 Å². The minimum atomic E-state index is -1.34. The van der Waals surface area contributed by atoms with Crippen molar-refractivity contribution in [2.45, 2.75) is 32.7 Å². The van der Waals surface area contributed by atoms with E-state index in [4.69, 9.17) is 11.6 Å². The number of carbonyl (C=O) groups is 5. The van der Waals surface area contributed by atoms with Gasteiger partial charge < -0.3 is 26.4 Å².